The van der Waals surface area contributed by atoms with E-state index < -0.39 is 0 Å². The molecule has 2 atom stereocenters. The third kappa shape index (κ3) is 2.79. The first-order valence-corrected chi connectivity index (χ1v) is 6.26. The smallest absolute Gasteiger partial charge is 0.229 e. The van der Waals surface area contributed by atoms with Crippen LogP contribution in [-0.2, 0) is 4.79 Å². The molecule has 2 N–H and O–H groups in total. The molecule has 17 heavy (non-hydrogen) atoms. The molecule has 92 valence electrons. The fraction of sp³-hybridized carbons (Fsp3) is 0.462. The van der Waals surface area contributed by atoms with E-state index in [1.165, 1.54) is 0 Å². The first-order chi connectivity index (χ1) is 8.08. The highest BCUT2D eigenvalue weighted by atomic mass is 35.5. The van der Waals surface area contributed by atoms with Gasteiger partial charge in [0, 0.05) is 16.8 Å². The quantitative estimate of drug-likeness (QED) is 0.850. The molecule has 2 rings (SSSR count). The lowest BCUT2D eigenvalue weighted by Gasteiger charge is -2.15. The van der Waals surface area contributed by atoms with Crippen LogP contribution in [0.1, 0.15) is 18.9 Å². The number of halogens is 1. The standard InChI is InChI=1S/C13H17ClN2O/c1-8-3-4-10(7-12(8)14)16-13(17)11-5-6-15-9(11)2/h3-4,7,9,11,15H,5-6H2,1-2H3,(H,16,17). The predicted molar refractivity (Wildman–Crippen MR) is 70.4 cm³/mol. The second-order valence-electron chi connectivity index (χ2n) is 4.59. The van der Waals surface area contributed by atoms with Crippen molar-refractivity contribution in [2.75, 3.05) is 11.9 Å². The van der Waals surface area contributed by atoms with Gasteiger partial charge in [-0.15, -0.1) is 0 Å². The Hall–Kier alpha value is -1.06. The molecule has 3 nitrogen and oxygen atoms in total. The van der Waals surface area contributed by atoms with Crippen molar-refractivity contribution in [3.05, 3.63) is 28.8 Å². The highest BCUT2D eigenvalue weighted by Gasteiger charge is 2.29. The van der Waals surface area contributed by atoms with Crippen molar-refractivity contribution in [1.29, 1.82) is 0 Å². The average molecular weight is 253 g/mol. The number of hydrogen-bond acceptors (Lipinski definition) is 2. The number of anilines is 1. The van der Waals surface area contributed by atoms with Gasteiger partial charge in [0.25, 0.3) is 0 Å². The molecule has 2 unspecified atom stereocenters. The van der Waals surface area contributed by atoms with Crippen LogP contribution in [0.4, 0.5) is 5.69 Å². The fourth-order valence-corrected chi connectivity index (χ4v) is 2.30. The van der Waals surface area contributed by atoms with Gasteiger partial charge >= 0.3 is 0 Å². The molecule has 1 aliphatic heterocycles. The van der Waals surface area contributed by atoms with Gasteiger partial charge in [0.2, 0.25) is 5.91 Å². The molecular weight excluding hydrogens is 236 g/mol. The number of rotatable bonds is 2. The summed E-state index contributed by atoms with van der Waals surface area (Å²) in [6.07, 6.45) is 0.895. The molecule has 1 saturated heterocycles. The average Bonchev–Trinajstić information content (AvgIpc) is 2.70. The topological polar surface area (TPSA) is 41.1 Å². The Bertz CT molecular complexity index is 433. The van der Waals surface area contributed by atoms with Crippen molar-refractivity contribution in [3.8, 4) is 0 Å². The highest BCUT2D eigenvalue weighted by molar-refractivity contribution is 6.31. The van der Waals surface area contributed by atoms with Crippen LogP contribution in [0.5, 0.6) is 0 Å². The summed E-state index contributed by atoms with van der Waals surface area (Å²) >= 11 is 6.02. The van der Waals surface area contributed by atoms with Crippen LogP contribution in [0.3, 0.4) is 0 Å². The van der Waals surface area contributed by atoms with Crippen molar-refractivity contribution >= 4 is 23.2 Å². The van der Waals surface area contributed by atoms with E-state index in [2.05, 4.69) is 10.6 Å². The number of amides is 1. The molecule has 1 aromatic carbocycles. The number of carbonyl (C=O) groups excluding carboxylic acids is 1. The summed E-state index contributed by atoms with van der Waals surface area (Å²) in [5.74, 6) is 0.123. The Morgan fingerprint density at radius 1 is 1.53 bits per heavy atom. The van der Waals surface area contributed by atoms with Gasteiger partial charge in [-0.05, 0) is 44.5 Å². The normalized spacial score (nSPS) is 23.7. The van der Waals surface area contributed by atoms with Crippen LogP contribution in [0.25, 0.3) is 0 Å². The number of nitrogens with one attached hydrogen (secondary N) is 2. The molecule has 1 fully saturated rings. The van der Waals surface area contributed by atoms with E-state index >= 15 is 0 Å². The molecule has 1 amide bonds. The minimum absolute atomic E-state index is 0.0510. The lowest BCUT2D eigenvalue weighted by atomic mass is 10.0. The van der Waals surface area contributed by atoms with Gasteiger partial charge in [-0.1, -0.05) is 17.7 Å². The zero-order chi connectivity index (χ0) is 12.4. The summed E-state index contributed by atoms with van der Waals surface area (Å²) in [7, 11) is 0. The molecule has 0 aliphatic carbocycles. The zero-order valence-electron chi connectivity index (χ0n) is 10.1. The molecule has 1 aromatic rings. The van der Waals surface area contributed by atoms with Crippen LogP contribution in [0, 0.1) is 12.8 Å². The van der Waals surface area contributed by atoms with Crippen LogP contribution in [0.2, 0.25) is 5.02 Å². The fourth-order valence-electron chi connectivity index (χ4n) is 2.12. The maximum Gasteiger partial charge on any atom is 0.229 e. The highest BCUT2D eigenvalue weighted by Crippen LogP contribution is 2.22. The Morgan fingerprint density at radius 2 is 2.29 bits per heavy atom. The largest absolute Gasteiger partial charge is 0.326 e. The van der Waals surface area contributed by atoms with Gasteiger partial charge in [-0.2, -0.15) is 0 Å². The third-order valence-electron chi connectivity index (χ3n) is 3.30. The van der Waals surface area contributed by atoms with Crippen molar-refractivity contribution < 1.29 is 4.79 Å². The molecule has 0 saturated carbocycles. The molecule has 0 radical (unpaired) electrons. The maximum absolute atomic E-state index is 12.0. The van der Waals surface area contributed by atoms with Crippen LogP contribution < -0.4 is 10.6 Å². The van der Waals surface area contributed by atoms with Crippen molar-refractivity contribution in [3.63, 3.8) is 0 Å². The monoisotopic (exact) mass is 252 g/mol. The van der Waals surface area contributed by atoms with Gasteiger partial charge in [0.1, 0.15) is 0 Å². The zero-order valence-corrected chi connectivity index (χ0v) is 10.8. The Balaban J connectivity index is 2.05. The number of aryl methyl sites for hydroxylation is 1. The summed E-state index contributed by atoms with van der Waals surface area (Å²) in [4.78, 5) is 12.0. The summed E-state index contributed by atoms with van der Waals surface area (Å²) in [5, 5.41) is 6.87. The van der Waals surface area contributed by atoms with E-state index in [-0.39, 0.29) is 17.9 Å². The molecule has 0 bridgehead atoms. The molecule has 1 aliphatic rings. The second-order valence-corrected chi connectivity index (χ2v) is 5.00. The summed E-state index contributed by atoms with van der Waals surface area (Å²) < 4.78 is 0. The molecule has 4 heteroatoms. The van der Waals surface area contributed by atoms with Gasteiger partial charge in [-0.3, -0.25) is 4.79 Å². The van der Waals surface area contributed by atoms with Gasteiger partial charge < -0.3 is 10.6 Å². The molecular formula is C13H17ClN2O. The van der Waals surface area contributed by atoms with Gasteiger partial charge in [0.05, 0.1) is 5.92 Å². The first kappa shape index (κ1) is 12.4. The first-order valence-electron chi connectivity index (χ1n) is 5.88. The van der Waals surface area contributed by atoms with Crippen LogP contribution in [-0.4, -0.2) is 18.5 Å². The SMILES string of the molecule is Cc1ccc(NC(=O)C2CCNC2C)cc1Cl. The summed E-state index contributed by atoms with van der Waals surface area (Å²) in [5.41, 5.74) is 1.78. The number of carbonyl (C=O) groups is 1. The Kier molecular flexibility index (Phi) is 3.69. The number of benzene rings is 1. The molecule has 0 aromatic heterocycles. The second kappa shape index (κ2) is 5.07. The minimum Gasteiger partial charge on any atom is -0.326 e. The molecule has 1 heterocycles. The van der Waals surface area contributed by atoms with Crippen LogP contribution >= 0.6 is 11.6 Å². The lowest BCUT2D eigenvalue weighted by Crippen LogP contribution is -2.32. The third-order valence-corrected chi connectivity index (χ3v) is 3.71. The van der Waals surface area contributed by atoms with Crippen molar-refractivity contribution in [2.45, 2.75) is 26.3 Å². The lowest BCUT2D eigenvalue weighted by molar-refractivity contribution is -0.119. The van der Waals surface area contributed by atoms with E-state index in [1.54, 1.807) is 6.07 Å². The van der Waals surface area contributed by atoms with E-state index in [1.807, 2.05) is 26.0 Å². The van der Waals surface area contributed by atoms with E-state index in [0.717, 1.165) is 24.2 Å². The van der Waals surface area contributed by atoms with E-state index in [0.29, 0.717) is 5.02 Å². The summed E-state index contributed by atoms with van der Waals surface area (Å²) in [6, 6.07) is 5.83. The van der Waals surface area contributed by atoms with Crippen molar-refractivity contribution in [2.24, 2.45) is 5.92 Å². The summed E-state index contributed by atoms with van der Waals surface area (Å²) in [6.45, 7) is 4.89. The Morgan fingerprint density at radius 3 is 2.88 bits per heavy atom. The van der Waals surface area contributed by atoms with Gasteiger partial charge in [0.15, 0.2) is 0 Å². The van der Waals surface area contributed by atoms with Gasteiger partial charge in [-0.25, -0.2) is 0 Å². The van der Waals surface area contributed by atoms with Crippen molar-refractivity contribution in [1.82, 2.24) is 5.32 Å². The molecule has 0 spiro atoms. The Labute approximate surface area is 107 Å². The van der Waals surface area contributed by atoms with E-state index in [9.17, 15) is 4.79 Å². The van der Waals surface area contributed by atoms with E-state index in [4.69, 9.17) is 11.6 Å². The number of hydrogen-bond donors (Lipinski definition) is 2. The maximum atomic E-state index is 12.0. The van der Waals surface area contributed by atoms with Crippen LogP contribution in [0.15, 0.2) is 18.2 Å². The minimum atomic E-state index is 0.0510. The predicted octanol–water partition coefficient (Wildman–Crippen LogP) is 2.58.